The quantitative estimate of drug-likeness (QED) is 0.623. The fourth-order valence-electron chi connectivity index (χ4n) is 1.80. The lowest BCUT2D eigenvalue weighted by atomic mass is 10.1. The van der Waals surface area contributed by atoms with Crippen LogP contribution in [0, 0.1) is 12.8 Å². The Morgan fingerprint density at radius 3 is 2.43 bits per heavy atom. The summed E-state index contributed by atoms with van der Waals surface area (Å²) in [4.78, 5) is 26.3. The van der Waals surface area contributed by atoms with Crippen molar-refractivity contribution < 1.29 is 14.3 Å². The van der Waals surface area contributed by atoms with E-state index in [1.807, 2.05) is 0 Å². The van der Waals surface area contributed by atoms with Crippen molar-refractivity contribution in [2.24, 2.45) is 5.92 Å². The number of hydrogen-bond acceptors (Lipinski definition) is 5. The highest BCUT2D eigenvalue weighted by Gasteiger charge is 2.26. The summed E-state index contributed by atoms with van der Waals surface area (Å²) >= 11 is 6.44. The third-order valence-electron chi connectivity index (χ3n) is 3.03. The third kappa shape index (κ3) is 4.90. The molecule has 128 valence electrons. The summed E-state index contributed by atoms with van der Waals surface area (Å²) in [5, 5.41) is 7.00. The maximum absolute atomic E-state index is 12.3. The fourth-order valence-corrected chi connectivity index (χ4v) is 3.27. The van der Waals surface area contributed by atoms with Gasteiger partial charge in [0.2, 0.25) is 0 Å². The zero-order valence-electron chi connectivity index (χ0n) is 14.3. The first-order chi connectivity index (χ1) is 10.7. The van der Waals surface area contributed by atoms with Gasteiger partial charge in [-0.3, -0.25) is 4.79 Å². The number of esters is 1. The minimum Gasteiger partial charge on any atom is -0.465 e. The molecule has 1 rings (SSSR count). The lowest BCUT2D eigenvalue weighted by Crippen LogP contribution is -2.31. The molecule has 0 saturated carbocycles. The van der Waals surface area contributed by atoms with Crippen LogP contribution in [0.2, 0.25) is 0 Å². The van der Waals surface area contributed by atoms with E-state index in [0.29, 0.717) is 38.6 Å². The summed E-state index contributed by atoms with van der Waals surface area (Å²) in [7, 11) is 4.65. The van der Waals surface area contributed by atoms with Crippen LogP contribution in [-0.4, -0.2) is 49.6 Å². The van der Waals surface area contributed by atoms with Gasteiger partial charge in [0.05, 0.1) is 17.6 Å². The summed E-state index contributed by atoms with van der Waals surface area (Å²) in [5.74, 6) is -0.219. The minimum absolute atomic E-state index is 0.160. The molecule has 1 amide bonds. The van der Waals surface area contributed by atoms with Crippen molar-refractivity contribution in [2.45, 2.75) is 20.8 Å². The van der Waals surface area contributed by atoms with Gasteiger partial charge in [0.25, 0.3) is 5.91 Å². The van der Waals surface area contributed by atoms with E-state index in [1.54, 1.807) is 21.0 Å². The van der Waals surface area contributed by atoms with Crippen LogP contribution < -0.4 is 10.6 Å². The number of anilines is 1. The molecule has 2 N–H and O–H groups in total. The Hall–Kier alpha value is -1.67. The normalized spacial score (nSPS) is 10.4. The first kappa shape index (κ1) is 19.4. The van der Waals surface area contributed by atoms with Gasteiger partial charge < -0.3 is 20.3 Å². The van der Waals surface area contributed by atoms with E-state index in [2.05, 4.69) is 24.5 Å². The maximum Gasteiger partial charge on any atom is 0.341 e. The number of carbonyl (C=O) groups excluding carboxylic acids is 2. The molecule has 0 spiro atoms. The smallest absolute Gasteiger partial charge is 0.341 e. The Labute approximate surface area is 146 Å². The lowest BCUT2D eigenvalue weighted by molar-refractivity contribution is 0.0601. The molecule has 0 aliphatic carbocycles. The van der Waals surface area contributed by atoms with Crippen molar-refractivity contribution in [3.63, 3.8) is 0 Å². The predicted octanol–water partition coefficient (Wildman–Crippen LogP) is 2.49. The Kier molecular flexibility index (Phi) is 6.96. The zero-order chi connectivity index (χ0) is 17.7. The summed E-state index contributed by atoms with van der Waals surface area (Å²) in [6.07, 6.45) is 0. The maximum atomic E-state index is 12.3. The highest BCUT2D eigenvalue weighted by molar-refractivity contribution is 7.80. The van der Waals surface area contributed by atoms with Crippen LogP contribution in [0.1, 0.15) is 39.4 Å². The molecule has 6 nitrogen and oxygen atoms in total. The van der Waals surface area contributed by atoms with Crippen molar-refractivity contribution >= 4 is 45.5 Å². The largest absolute Gasteiger partial charge is 0.465 e. The van der Waals surface area contributed by atoms with Gasteiger partial charge in [0.15, 0.2) is 5.11 Å². The molecule has 0 unspecified atom stereocenters. The molecule has 0 aliphatic rings. The SMILES string of the molecule is COC(=O)c1c(NC(=S)NCC(C)C)sc(C(=O)N(C)C)c1C. The van der Waals surface area contributed by atoms with Crippen molar-refractivity contribution in [1.82, 2.24) is 10.2 Å². The molecule has 0 atom stereocenters. The van der Waals surface area contributed by atoms with E-state index in [-0.39, 0.29) is 5.91 Å². The molecule has 23 heavy (non-hydrogen) atoms. The molecule has 1 aromatic rings. The van der Waals surface area contributed by atoms with Crippen molar-refractivity contribution in [1.29, 1.82) is 0 Å². The van der Waals surface area contributed by atoms with Gasteiger partial charge in [0.1, 0.15) is 5.00 Å². The average Bonchev–Trinajstić information content (AvgIpc) is 2.79. The molecule has 0 fully saturated rings. The number of nitrogens with one attached hydrogen (secondary N) is 2. The number of amides is 1. The highest BCUT2D eigenvalue weighted by Crippen LogP contribution is 2.34. The predicted molar refractivity (Wildman–Crippen MR) is 97.5 cm³/mol. The second-order valence-corrected chi connectivity index (χ2v) is 7.11. The highest BCUT2D eigenvalue weighted by atomic mass is 32.1. The summed E-state index contributed by atoms with van der Waals surface area (Å²) in [6.45, 7) is 6.58. The second kappa shape index (κ2) is 8.26. The van der Waals surface area contributed by atoms with E-state index >= 15 is 0 Å². The average molecular weight is 358 g/mol. The van der Waals surface area contributed by atoms with Crippen molar-refractivity contribution in [3.8, 4) is 0 Å². The topological polar surface area (TPSA) is 70.7 Å². The van der Waals surface area contributed by atoms with Crippen LogP contribution in [0.15, 0.2) is 0 Å². The Balaban J connectivity index is 3.14. The van der Waals surface area contributed by atoms with Gasteiger partial charge in [-0.2, -0.15) is 0 Å². The van der Waals surface area contributed by atoms with Crippen LogP contribution in [0.4, 0.5) is 5.00 Å². The molecule has 1 heterocycles. The van der Waals surface area contributed by atoms with Gasteiger partial charge >= 0.3 is 5.97 Å². The van der Waals surface area contributed by atoms with Gasteiger partial charge in [-0.15, -0.1) is 11.3 Å². The number of thiophene rings is 1. The summed E-state index contributed by atoms with van der Waals surface area (Å²) < 4.78 is 4.83. The molecular weight excluding hydrogens is 334 g/mol. The summed E-state index contributed by atoms with van der Waals surface area (Å²) in [5.41, 5.74) is 0.936. The molecule has 0 aliphatic heterocycles. The van der Waals surface area contributed by atoms with Crippen LogP contribution in [0.25, 0.3) is 0 Å². The van der Waals surface area contributed by atoms with E-state index in [4.69, 9.17) is 17.0 Å². The zero-order valence-corrected chi connectivity index (χ0v) is 15.9. The van der Waals surface area contributed by atoms with E-state index in [0.717, 1.165) is 0 Å². The lowest BCUT2D eigenvalue weighted by Gasteiger charge is -2.12. The number of methoxy groups -OCH3 is 1. The van der Waals surface area contributed by atoms with Crippen LogP contribution in [0.5, 0.6) is 0 Å². The van der Waals surface area contributed by atoms with Gasteiger partial charge in [-0.25, -0.2) is 4.79 Å². The van der Waals surface area contributed by atoms with Crippen LogP contribution in [0.3, 0.4) is 0 Å². The Bertz CT molecular complexity index is 609. The first-order valence-electron chi connectivity index (χ1n) is 7.17. The number of thiocarbonyl (C=S) groups is 1. The number of hydrogen-bond donors (Lipinski definition) is 2. The molecule has 0 bridgehead atoms. The molecule has 0 radical (unpaired) electrons. The van der Waals surface area contributed by atoms with E-state index < -0.39 is 5.97 Å². The molecule has 8 heteroatoms. The fraction of sp³-hybridized carbons (Fsp3) is 0.533. The van der Waals surface area contributed by atoms with Gasteiger partial charge in [0, 0.05) is 20.6 Å². The number of rotatable bonds is 5. The monoisotopic (exact) mass is 357 g/mol. The first-order valence-corrected chi connectivity index (χ1v) is 8.39. The van der Waals surface area contributed by atoms with Crippen LogP contribution >= 0.6 is 23.6 Å². The Morgan fingerprint density at radius 2 is 1.96 bits per heavy atom. The van der Waals surface area contributed by atoms with Crippen molar-refractivity contribution in [3.05, 3.63) is 16.0 Å². The van der Waals surface area contributed by atoms with E-state index in [9.17, 15) is 9.59 Å². The number of nitrogens with zero attached hydrogens (tertiary/aromatic N) is 1. The number of ether oxygens (including phenoxy) is 1. The van der Waals surface area contributed by atoms with Gasteiger partial charge in [-0.1, -0.05) is 13.8 Å². The Morgan fingerprint density at radius 1 is 1.35 bits per heavy atom. The summed E-state index contributed by atoms with van der Waals surface area (Å²) in [6, 6.07) is 0. The second-order valence-electron chi connectivity index (χ2n) is 5.68. The van der Waals surface area contributed by atoms with Crippen LogP contribution in [-0.2, 0) is 4.74 Å². The minimum atomic E-state index is -0.495. The molecule has 0 saturated heterocycles. The van der Waals surface area contributed by atoms with Gasteiger partial charge in [-0.05, 0) is 30.6 Å². The number of carbonyl (C=O) groups is 2. The van der Waals surface area contributed by atoms with Crippen molar-refractivity contribution in [2.75, 3.05) is 33.1 Å². The molecule has 1 aromatic heterocycles. The molecular formula is C15H23N3O3S2. The van der Waals surface area contributed by atoms with E-state index in [1.165, 1.54) is 23.3 Å². The standard InChI is InChI=1S/C15H23N3O3S2/c1-8(2)7-16-15(22)17-12-10(14(20)21-6)9(3)11(23-12)13(19)18(4)5/h8H,7H2,1-6H3,(H2,16,17,22). The molecule has 0 aromatic carbocycles. The third-order valence-corrected chi connectivity index (χ3v) is 4.48.